The Morgan fingerprint density at radius 1 is 1.25 bits per heavy atom. The number of anilines is 1. The first kappa shape index (κ1) is 14.3. The molecule has 1 aromatic heterocycles. The van der Waals surface area contributed by atoms with E-state index in [2.05, 4.69) is 15.3 Å². The molecule has 0 fully saturated rings. The molecule has 0 aliphatic heterocycles. The van der Waals surface area contributed by atoms with Crippen molar-refractivity contribution in [1.29, 1.82) is 0 Å². The van der Waals surface area contributed by atoms with Gasteiger partial charge in [-0.15, -0.1) is 0 Å². The highest BCUT2D eigenvalue weighted by Crippen LogP contribution is 2.36. The average molecular weight is 290 g/mol. The monoisotopic (exact) mass is 290 g/mol. The lowest BCUT2D eigenvalue weighted by molar-refractivity contribution is -0.389. The molecule has 20 heavy (non-hydrogen) atoms. The van der Waals surface area contributed by atoms with Gasteiger partial charge < -0.3 is 5.32 Å². The molecule has 0 unspecified atom stereocenters. The Labute approximate surface area is 120 Å². The maximum Gasteiger partial charge on any atom is 0.322 e. The summed E-state index contributed by atoms with van der Waals surface area (Å²) < 4.78 is 0. The van der Waals surface area contributed by atoms with Gasteiger partial charge in [-0.3, -0.25) is 10.1 Å². The summed E-state index contributed by atoms with van der Waals surface area (Å²) >= 11 is 1.28. The van der Waals surface area contributed by atoms with E-state index in [-0.39, 0.29) is 5.69 Å². The van der Waals surface area contributed by atoms with Crippen LogP contribution in [0.1, 0.15) is 11.3 Å². The lowest BCUT2D eigenvalue weighted by Gasteiger charge is -2.08. The maximum absolute atomic E-state index is 11.2. The van der Waals surface area contributed by atoms with Crippen molar-refractivity contribution in [3.05, 3.63) is 45.6 Å². The van der Waals surface area contributed by atoms with Crippen LogP contribution < -0.4 is 5.32 Å². The van der Waals surface area contributed by atoms with E-state index in [9.17, 15) is 10.1 Å². The second-order valence-electron chi connectivity index (χ2n) is 4.16. The van der Waals surface area contributed by atoms with Gasteiger partial charge in [-0.25, -0.2) is 4.98 Å². The normalized spacial score (nSPS) is 10.3. The highest BCUT2D eigenvalue weighted by Gasteiger charge is 2.23. The first-order valence-corrected chi connectivity index (χ1v) is 6.79. The molecule has 0 aliphatic rings. The molecule has 1 N–H and O–H groups in total. The Morgan fingerprint density at radius 3 is 2.55 bits per heavy atom. The number of nitrogens with one attached hydrogen (secondary N) is 1. The zero-order chi connectivity index (χ0) is 14.7. The predicted octanol–water partition coefficient (Wildman–Crippen LogP) is 3.19. The smallest absolute Gasteiger partial charge is 0.322 e. The summed E-state index contributed by atoms with van der Waals surface area (Å²) in [5.74, 6) is 0.379. The van der Waals surface area contributed by atoms with E-state index < -0.39 is 4.92 Å². The van der Waals surface area contributed by atoms with E-state index in [4.69, 9.17) is 0 Å². The number of aryl methyl sites for hydroxylation is 2. The van der Waals surface area contributed by atoms with Crippen molar-refractivity contribution in [3.63, 3.8) is 0 Å². The quantitative estimate of drug-likeness (QED) is 0.529. The van der Waals surface area contributed by atoms with Gasteiger partial charge >= 0.3 is 5.69 Å². The van der Waals surface area contributed by atoms with E-state index in [0.29, 0.717) is 16.7 Å². The first-order valence-electron chi connectivity index (χ1n) is 5.97. The summed E-state index contributed by atoms with van der Waals surface area (Å²) in [5.41, 5.74) is 1.36. The van der Waals surface area contributed by atoms with Crippen molar-refractivity contribution >= 4 is 23.4 Å². The van der Waals surface area contributed by atoms with Crippen LogP contribution in [0.2, 0.25) is 0 Å². The number of hydrogen-bond donors (Lipinski definition) is 1. The Morgan fingerprint density at radius 2 is 1.95 bits per heavy atom. The molecule has 1 heterocycles. The maximum atomic E-state index is 11.2. The van der Waals surface area contributed by atoms with Gasteiger partial charge in [0, 0.05) is 11.9 Å². The van der Waals surface area contributed by atoms with Gasteiger partial charge in [0.25, 0.3) is 0 Å². The van der Waals surface area contributed by atoms with E-state index in [1.54, 1.807) is 14.0 Å². The molecule has 0 amide bonds. The number of rotatable bonds is 4. The molecule has 1 aromatic carbocycles. The van der Waals surface area contributed by atoms with Crippen molar-refractivity contribution < 1.29 is 4.92 Å². The fraction of sp³-hybridized carbons (Fsp3) is 0.231. The van der Waals surface area contributed by atoms with Gasteiger partial charge in [0.1, 0.15) is 5.69 Å². The van der Waals surface area contributed by atoms with E-state index in [1.165, 1.54) is 11.8 Å². The Balaban J connectivity index is 2.52. The van der Waals surface area contributed by atoms with Gasteiger partial charge in [0.05, 0.1) is 4.92 Å². The molecule has 2 aromatic rings. The molecule has 7 heteroatoms. The molecule has 0 saturated carbocycles. The minimum atomic E-state index is -0.435. The zero-order valence-electron chi connectivity index (χ0n) is 11.4. The summed E-state index contributed by atoms with van der Waals surface area (Å²) in [4.78, 5) is 20.0. The molecule has 104 valence electrons. The highest BCUT2D eigenvalue weighted by molar-refractivity contribution is 7.99. The molecule has 0 bridgehead atoms. The third-order valence-electron chi connectivity index (χ3n) is 2.73. The van der Waals surface area contributed by atoms with Crippen LogP contribution in [0.25, 0.3) is 0 Å². The van der Waals surface area contributed by atoms with Crippen molar-refractivity contribution in [3.8, 4) is 0 Å². The molecule has 6 nitrogen and oxygen atoms in total. The van der Waals surface area contributed by atoms with Crippen LogP contribution in [0.15, 0.2) is 34.2 Å². The Hall–Kier alpha value is -2.15. The van der Waals surface area contributed by atoms with Crippen molar-refractivity contribution in [1.82, 2.24) is 9.97 Å². The van der Waals surface area contributed by atoms with Crippen LogP contribution in [-0.2, 0) is 0 Å². The topological polar surface area (TPSA) is 81.0 Å². The summed E-state index contributed by atoms with van der Waals surface area (Å²) in [6.07, 6.45) is 0. The van der Waals surface area contributed by atoms with Crippen LogP contribution in [0, 0.1) is 24.0 Å². The SMILES string of the molecule is CNc1nc(C)c([N+](=O)[O-])c(Sc2ccccc2C)n1. The minimum absolute atomic E-state index is 0.0442. The summed E-state index contributed by atoms with van der Waals surface area (Å²) in [6.45, 7) is 3.57. The lowest BCUT2D eigenvalue weighted by Crippen LogP contribution is -2.04. The number of nitro groups is 1. The molecular formula is C13H14N4O2S. The second-order valence-corrected chi connectivity index (χ2v) is 5.19. The van der Waals surface area contributed by atoms with Crippen LogP contribution in [0.5, 0.6) is 0 Å². The number of hydrogen-bond acceptors (Lipinski definition) is 6. The molecule has 0 aliphatic carbocycles. The molecule has 0 saturated heterocycles. The summed E-state index contributed by atoms with van der Waals surface area (Å²) in [7, 11) is 1.68. The Bertz CT molecular complexity index is 661. The molecule has 0 atom stereocenters. The predicted molar refractivity (Wildman–Crippen MR) is 78.3 cm³/mol. The minimum Gasteiger partial charge on any atom is -0.357 e. The molecule has 0 spiro atoms. The van der Waals surface area contributed by atoms with Gasteiger partial charge in [-0.2, -0.15) is 4.98 Å². The average Bonchev–Trinajstić information content (AvgIpc) is 2.40. The first-order chi connectivity index (χ1) is 9.52. The summed E-state index contributed by atoms with van der Waals surface area (Å²) in [5, 5.41) is 14.4. The van der Waals surface area contributed by atoms with Crippen LogP contribution >= 0.6 is 11.8 Å². The zero-order valence-corrected chi connectivity index (χ0v) is 12.2. The van der Waals surface area contributed by atoms with Gasteiger partial charge in [-0.05, 0) is 25.5 Å². The fourth-order valence-corrected chi connectivity index (χ4v) is 2.74. The fourth-order valence-electron chi connectivity index (χ4n) is 1.71. The van der Waals surface area contributed by atoms with Gasteiger partial charge in [0.2, 0.25) is 5.95 Å². The van der Waals surface area contributed by atoms with Crippen LogP contribution in [0.3, 0.4) is 0 Å². The number of nitrogens with zero attached hydrogens (tertiary/aromatic N) is 3. The second kappa shape index (κ2) is 5.87. The lowest BCUT2D eigenvalue weighted by atomic mass is 10.2. The Kier molecular flexibility index (Phi) is 4.19. The van der Waals surface area contributed by atoms with E-state index >= 15 is 0 Å². The van der Waals surface area contributed by atoms with Gasteiger partial charge in [0.15, 0.2) is 5.03 Å². The number of aromatic nitrogens is 2. The van der Waals surface area contributed by atoms with Crippen molar-refractivity contribution in [2.45, 2.75) is 23.8 Å². The molecule has 0 radical (unpaired) electrons. The summed E-state index contributed by atoms with van der Waals surface area (Å²) in [6, 6.07) is 7.70. The van der Waals surface area contributed by atoms with Gasteiger partial charge in [-0.1, -0.05) is 30.0 Å². The van der Waals surface area contributed by atoms with Crippen LogP contribution in [-0.4, -0.2) is 21.9 Å². The highest BCUT2D eigenvalue weighted by atomic mass is 32.2. The standard InChI is InChI=1S/C13H14N4O2S/c1-8-6-4-5-7-10(8)20-12-11(17(18)19)9(2)15-13(14-3)16-12/h4-7H,1-3H3,(H,14,15,16). The third-order valence-corrected chi connectivity index (χ3v) is 3.89. The largest absolute Gasteiger partial charge is 0.357 e. The van der Waals surface area contributed by atoms with Crippen molar-refractivity contribution in [2.24, 2.45) is 0 Å². The number of benzene rings is 1. The van der Waals surface area contributed by atoms with E-state index in [0.717, 1.165) is 10.5 Å². The van der Waals surface area contributed by atoms with Crippen molar-refractivity contribution in [2.75, 3.05) is 12.4 Å². The molecular weight excluding hydrogens is 276 g/mol. The third kappa shape index (κ3) is 2.88. The molecule has 2 rings (SSSR count). The van der Waals surface area contributed by atoms with Crippen LogP contribution in [0.4, 0.5) is 11.6 Å². The van der Waals surface area contributed by atoms with E-state index in [1.807, 2.05) is 31.2 Å².